The molecule has 5 atom stereocenters. The lowest BCUT2D eigenvalue weighted by Crippen LogP contribution is -2.52. The van der Waals surface area contributed by atoms with E-state index in [1.807, 2.05) is 78.9 Å². The third-order valence-electron chi connectivity index (χ3n) is 10.2. The van der Waals surface area contributed by atoms with Crippen molar-refractivity contribution in [2.24, 2.45) is 0 Å². The SMILES string of the molecule is COc1ccc(C(OC[C@@]23CO[C@@H]([C@H](N4C=C(C)C(=O)CC4=O)O2)[C@@H]3OP(OCCC#N)N(C(C)C)C(C)C)(c2ccccc2)c2ccc(OC)cc2)cc1. The van der Waals surface area contributed by atoms with Gasteiger partial charge in [0, 0.05) is 23.9 Å². The molecule has 2 bridgehead atoms. The summed E-state index contributed by atoms with van der Waals surface area (Å²) in [5.41, 5.74) is 0.554. The van der Waals surface area contributed by atoms with Crippen LogP contribution in [-0.4, -0.2) is 91.4 Å². The zero-order valence-electron chi connectivity index (χ0n) is 32.5. The van der Waals surface area contributed by atoms with Gasteiger partial charge >= 0.3 is 0 Å². The average Bonchev–Trinajstić information content (AvgIpc) is 3.68. The number of fused-ring (bicyclic) bond motifs is 2. The summed E-state index contributed by atoms with van der Waals surface area (Å²) >= 11 is 0. The van der Waals surface area contributed by atoms with Gasteiger partial charge in [0.25, 0.3) is 8.53 Å². The molecule has 0 N–H and O–H groups in total. The number of rotatable bonds is 17. The number of carbonyl (C=O) groups excluding carboxylic acids is 2. The monoisotopic (exact) mass is 771 g/mol. The number of methoxy groups -OCH3 is 2. The minimum absolute atomic E-state index is 0.0354. The second-order valence-corrected chi connectivity index (χ2v) is 15.8. The molecule has 12 nitrogen and oxygen atoms in total. The Morgan fingerprint density at radius 1 is 0.927 bits per heavy atom. The van der Waals surface area contributed by atoms with Gasteiger partial charge in [-0.25, -0.2) is 4.67 Å². The molecule has 0 saturated carbocycles. The van der Waals surface area contributed by atoms with Gasteiger partial charge in [-0.3, -0.25) is 14.5 Å². The van der Waals surface area contributed by atoms with Crippen molar-refractivity contribution in [3.05, 3.63) is 107 Å². The number of hydrogen-bond donors (Lipinski definition) is 0. The molecule has 0 spiro atoms. The van der Waals surface area contributed by atoms with Crippen LogP contribution < -0.4 is 9.47 Å². The van der Waals surface area contributed by atoms with E-state index < -0.39 is 38.2 Å². The number of benzene rings is 3. The Morgan fingerprint density at radius 3 is 2.05 bits per heavy atom. The topological polar surface area (TPSA) is 129 Å². The highest BCUT2D eigenvalue weighted by Gasteiger charge is 2.66. The molecule has 3 aliphatic heterocycles. The van der Waals surface area contributed by atoms with Gasteiger partial charge in [0.15, 0.2) is 12.0 Å². The summed E-state index contributed by atoms with van der Waals surface area (Å²) in [5, 5.41) is 9.37. The van der Waals surface area contributed by atoms with Crippen LogP contribution in [-0.2, 0) is 38.4 Å². The van der Waals surface area contributed by atoms with Crippen LogP contribution in [0.2, 0.25) is 0 Å². The lowest BCUT2D eigenvalue weighted by Gasteiger charge is -2.41. The maximum absolute atomic E-state index is 13.5. The molecule has 6 rings (SSSR count). The van der Waals surface area contributed by atoms with Gasteiger partial charge in [-0.15, -0.1) is 0 Å². The molecule has 0 radical (unpaired) electrons. The van der Waals surface area contributed by atoms with Gasteiger partial charge in [-0.05, 0) is 75.6 Å². The van der Waals surface area contributed by atoms with Crippen molar-refractivity contribution < 1.29 is 42.3 Å². The van der Waals surface area contributed by atoms with Crippen LogP contribution in [0.5, 0.6) is 11.5 Å². The fourth-order valence-electron chi connectivity index (χ4n) is 7.51. The molecule has 55 heavy (non-hydrogen) atoms. The van der Waals surface area contributed by atoms with E-state index in [4.69, 9.17) is 32.7 Å². The van der Waals surface area contributed by atoms with Gasteiger partial charge in [0.2, 0.25) is 5.91 Å². The first-order valence-electron chi connectivity index (χ1n) is 18.5. The summed E-state index contributed by atoms with van der Waals surface area (Å²) in [6.45, 7) is 10.2. The second-order valence-electron chi connectivity index (χ2n) is 14.4. The van der Waals surface area contributed by atoms with Gasteiger partial charge in [-0.2, -0.15) is 5.26 Å². The molecule has 2 fully saturated rings. The minimum atomic E-state index is -1.75. The lowest BCUT2D eigenvalue weighted by molar-refractivity contribution is -0.213. The first-order chi connectivity index (χ1) is 26.5. The predicted octanol–water partition coefficient (Wildman–Crippen LogP) is 6.87. The van der Waals surface area contributed by atoms with Crippen LogP contribution in [0, 0.1) is 11.3 Å². The number of ketones is 1. The zero-order chi connectivity index (χ0) is 39.3. The fourth-order valence-corrected chi connectivity index (χ4v) is 9.32. The molecule has 1 unspecified atom stereocenters. The van der Waals surface area contributed by atoms with Crippen LogP contribution in [0.3, 0.4) is 0 Å². The summed E-state index contributed by atoms with van der Waals surface area (Å²) in [6.07, 6.45) is -0.970. The first-order valence-corrected chi connectivity index (χ1v) is 19.7. The van der Waals surface area contributed by atoms with Crippen LogP contribution in [0.4, 0.5) is 0 Å². The van der Waals surface area contributed by atoms with Crippen molar-refractivity contribution in [1.82, 2.24) is 9.57 Å². The number of hydrogen-bond acceptors (Lipinski definition) is 11. The Hall–Kier alpha value is -4.18. The minimum Gasteiger partial charge on any atom is -0.497 e. The normalized spacial score (nSPS) is 23.0. The summed E-state index contributed by atoms with van der Waals surface area (Å²) in [6, 6.07) is 27.7. The number of carbonyl (C=O) groups is 2. The van der Waals surface area contributed by atoms with Gasteiger partial charge in [0.05, 0.1) is 53.0 Å². The molecule has 0 aliphatic carbocycles. The fraction of sp³-hybridized carbons (Fsp3) is 0.452. The Balaban J connectivity index is 1.47. The third-order valence-corrected chi connectivity index (χ3v) is 12.3. The van der Waals surface area contributed by atoms with E-state index in [0.717, 1.165) is 16.7 Å². The van der Waals surface area contributed by atoms with Gasteiger partial charge in [-0.1, -0.05) is 54.6 Å². The summed E-state index contributed by atoms with van der Waals surface area (Å²) < 4.78 is 47.5. The molecular formula is C42H50N3O9P. The van der Waals surface area contributed by atoms with Gasteiger partial charge in [0.1, 0.15) is 34.9 Å². The Morgan fingerprint density at radius 2 is 1.51 bits per heavy atom. The number of ether oxygens (including phenoxy) is 5. The molecule has 1 amide bonds. The maximum atomic E-state index is 13.5. The number of allylic oxidation sites excluding steroid dienone is 1. The molecule has 3 heterocycles. The van der Waals surface area contributed by atoms with E-state index in [-0.39, 0.29) is 56.4 Å². The molecular weight excluding hydrogens is 721 g/mol. The molecule has 3 aromatic carbocycles. The third kappa shape index (κ3) is 8.07. The standard InChI is InChI=1S/C42H50N3O9P/c1-28(2)45(29(3)4)55(52-23-11-22-43)54-39-38-40(44-25-30(5)36(46)24-37(44)47)53-41(39,26-50-38)27-51-42(31-12-9-8-10-13-31,32-14-18-34(48-6)19-15-32)33-16-20-35(49-7)21-17-33/h8-10,12-21,25,28-29,38-40H,11,23-24,26-27H2,1-7H3/t38-,39+,40-,41-,55?/m1/s1. The number of amides is 1. The van der Waals surface area contributed by atoms with E-state index in [1.165, 1.54) is 11.1 Å². The van der Waals surface area contributed by atoms with E-state index >= 15 is 0 Å². The molecule has 2 saturated heterocycles. The Kier molecular flexibility index (Phi) is 12.7. The first kappa shape index (κ1) is 40.5. The van der Waals surface area contributed by atoms with E-state index in [0.29, 0.717) is 17.1 Å². The lowest BCUT2D eigenvalue weighted by atomic mass is 9.79. The molecule has 0 aromatic heterocycles. The van der Waals surface area contributed by atoms with Crippen molar-refractivity contribution in [3.63, 3.8) is 0 Å². The highest BCUT2D eigenvalue weighted by atomic mass is 31.2. The highest BCUT2D eigenvalue weighted by Crippen LogP contribution is 2.55. The summed E-state index contributed by atoms with van der Waals surface area (Å²) in [5.74, 6) is 0.764. The molecule has 292 valence electrons. The number of nitriles is 1. The van der Waals surface area contributed by atoms with Crippen LogP contribution in [0.1, 0.15) is 64.2 Å². The number of nitrogens with zero attached hydrogens (tertiary/aromatic N) is 3. The zero-order valence-corrected chi connectivity index (χ0v) is 33.4. The summed E-state index contributed by atoms with van der Waals surface area (Å²) in [4.78, 5) is 27.4. The van der Waals surface area contributed by atoms with Crippen LogP contribution >= 0.6 is 8.53 Å². The number of Topliss-reactive ketones (excluding diaryl/α,β-unsaturated/α-hetero) is 1. The van der Waals surface area contributed by atoms with E-state index in [9.17, 15) is 14.9 Å². The second kappa shape index (κ2) is 17.3. The van der Waals surface area contributed by atoms with Gasteiger partial charge < -0.3 is 32.7 Å². The van der Waals surface area contributed by atoms with E-state index in [2.05, 4.69) is 38.4 Å². The average molecular weight is 772 g/mol. The van der Waals surface area contributed by atoms with Crippen molar-refractivity contribution in [1.29, 1.82) is 5.26 Å². The molecule has 3 aliphatic rings. The van der Waals surface area contributed by atoms with Crippen LogP contribution in [0.25, 0.3) is 0 Å². The van der Waals surface area contributed by atoms with Crippen molar-refractivity contribution in [3.8, 4) is 17.6 Å². The van der Waals surface area contributed by atoms with E-state index in [1.54, 1.807) is 21.1 Å². The van der Waals surface area contributed by atoms with Crippen molar-refractivity contribution in [2.45, 2.75) is 89.2 Å². The quantitative estimate of drug-likeness (QED) is 0.0617. The predicted molar refractivity (Wildman–Crippen MR) is 206 cm³/mol. The molecule has 3 aromatic rings. The smallest absolute Gasteiger partial charge is 0.259 e. The largest absolute Gasteiger partial charge is 0.497 e. The Bertz CT molecular complexity index is 1810. The highest BCUT2D eigenvalue weighted by molar-refractivity contribution is 7.44. The summed E-state index contributed by atoms with van der Waals surface area (Å²) in [7, 11) is 1.50. The Labute approximate surface area is 324 Å². The van der Waals surface area contributed by atoms with Crippen LogP contribution in [0.15, 0.2) is 90.6 Å². The maximum Gasteiger partial charge on any atom is 0.259 e. The van der Waals surface area contributed by atoms with Crippen molar-refractivity contribution in [2.75, 3.05) is 34.0 Å². The molecule has 13 heteroatoms. The van der Waals surface area contributed by atoms with Crippen molar-refractivity contribution >= 4 is 20.2 Å².